The van der Waals surface area contributed by atoms with E-state index in [1.165, 1.54) is 7.11 Å². The average molecular weight is 585 g/mol. The fourth-order valence-corrected chi connectivity index (χ4v) is 2.67. The molecule has 0 amide bonds. The molecule has 13 heteroatoms. The van der Waals surface area contributed by atoms with Crippen LogP contribution in [0.3, 0.4) is 0 Å². The first-order chi connectivity index (χ1) is 19.3. The van der Waals surface area contributed by atoms with Gasteiger partial charge in [-0.05, 0) is 20.8 Å². The van der Waals surface area contributed by atoms with Crippen molar-refractivity contribution in [2.75, 3.05) is 126 Å². The minimum absolute atomic E-state index is 0.230. The van der Waals surface area contributed by atoms with E-state index >= 15 is 0 Å². The lowest BCUT2D eigenvalue weighted by Crippen LogP contribution is -2.24. The van der Waals surface area contributed by atoms with Crippen LogP contribution >= 0.6 is 0 Å². The highest BCUT2D eigenvalue weighted by Gasteiger charge is 2.15. The summed E-state index contributed by atoms with van der Waals surface area (Å²) in [6, 6.07) is 0. The Kier molecular flexibility index (Phi) is 28.1. The quantitative estimate of drug-likeness (QED) is 0.0890. The zero-order valence-electron chi connectivity index (χ0n) is 24.9. The highest BCUT2D eigenvalue weighted by atomic mass is 16.6. The predicted molar refractivity (Wildman–Crippen MR) is 144 cm³/mol. The second kappa shape index (κ2) is 29.1. The zero-order valence-corrected chi connectivity index (χ0v) is 24.9. The molecule has 0 aromatic heterocycles. The summed E-state index contributed by atoms with van der Waals surface area (Å²) >= 11 is 0. The minimum Gasteiger partial charge on any atom is -0.469 e. The van der Waals surface area contributed by atoms with E-state index in [0.29, 0.717) is 119 Å². The van der Waals surface area contributed by atoms with E-state index < -0.39 is 5.60 Å². The summed E-state index contributed by atoms with van der Waals surface area (Å²) in [5.74, 6) is -0.556. The number of carbonyl (C=O) groups excluding carboxylic acids is 2. The van der Waals surface area contributed by atoms with Gasteiger partial charge in [-0.25, -0.2) is 0 Å². The van der Waals surface area contributed by atoms with Gasteiger partial charge in [0.05, 0.1) is 139 Å². The molecule has 0 fully saturated rings. The molecule has 0 bridgehead atoms. The van der Waals surface area contributed by atoms with Crippen LogP contribution in [0.5, 0.6) is 0 Å². The summed E-state index contributed by atoms with van der Waals surface area (Å²) in [5, 5.41) is 0. The van der Waals surface area contributed by atoms with Crippen molar-refractivity contribution in [1.29, 1.82) is 0 Å². The molecule has 0 atom stereocenters. The van der Waals surface area contributed by atoms with E-state index in [1.54, 1.807) is 0 Å². The summed E-state index contributed by atoms with van der Waals surface area (Å²) < 4.78 is 58.2. The largest absolute Gasteiger partial charge is 0.469 e. The van der Waals surface area contributed by atoms with Crippen LogP contribution in [0.4, 0.5) is 0 Å². The summed E-state index contributed by atoms with van der Waals surface area (Å²) in [7, 11) is 1.35. The van der Waals surface area contributed by atoms with Gasteiger partial charge < -0.3 is 52.1 Å². The van der Waals surface area contributed by atoms with Gasteiger partial charge in [0.1, 0.15) is 5.60 Å². The maximum Gasteiger partial charge on any atom is 0.308 e. The van der Waals surface area contributed by atoms with E-state index in [9.17, 15) is 9.59 Å². The molecular formula is C27H52O13. The average Bonchev–Trinajstić information content (AvgIpc) is 2.91. The van der Waals surface area contributed by atoms with Gasteiger partial charge in [-0.3, -0.25) is 9.59 Å². The van der Waals surface area contributed by atoms with Gasteiger partial charge >= 0.3 is 11.9 Å². The van der Waals surface area contributed by atoms with Gasteiger partial charge in [0, 0.05) is 0 Å². The molecule has 0 heterocycles. The second-order valence-electron chi connectivity index (χ2n) is 9.17. The van der Waals surface area contributed by atoms with E-state index in [2.05, 4.69) is 4.74 Å². The van der Waals surface area contributed by atoms with E-state index in [0.717, 1.165) is 0 Å². The molecule has 0 N–H and O–H groups in total. The number of esters is 2. The molecule has 0 aromatic rings. The third-order valence-corrected chi connectivity index (χ3v) is 4.52. The third-order valence-electron chi connectivity index (χ3n) is 4.52. The van der Waals surface area contributed by atoms with Crippen LogP contribution in [-0.2, 0) is 61.7 Å². The van der Waals surface area contributed by atoms with Crippen molar-refractivity contribution in [2.45, 2.75) is 39.2 Å². The van der Waals surface area contributed by atoms with Crippen molar-refractivity contribution >= 4 is 11.9 Å². The lowest BCUT2D eigenvalue weighted by molar-refractivity contribution is -0.156. The standard InChI is InChI=1S/C27H52O13/c1-27(2,3)40-26(29)6-8-32-10-12-34-14-16-36-18-20-38-22-24-39-23-21-37-19-17-35-15-13-33-11-9-31-7-5-25(28)30-4/h5-24H2,1-4H3. The van der Waals surface area contributed by atoms with Crippen molar-refractivity contribution in [1.82, 2.24) is 0 Å². The first-order valence-electron chi connectivity index (χ1n) is 13.8. The summed E-state index contributed by atoms with van der Waals surface area (Å²) in [4.78, 5) is 22.4. The highest BCUT2D eigenvalue weighted by Crippen LogP contribution is 2.08. The molecule has 0 unspecified atom stereocenters. The van der Waals surface area contributed by atoms with Crippen LogP contribution < -0.4 is 0 Å². The van der Waals surface area contributed by atoms with Gasteiger partial charge in [-0.2, -0.15) is 0 Å². The molecule has 0 aliphatic rings. The Hall–Kier alpha value is -1.42. The van der Waals surface area contributed by atoms with Crippen molar-refractivity contribution < 1.29 is 61.7 Å². The van der Waals surface area contributed by atoms with Gasteiger partial charge in [0.2, 0.25) is 0 Å². The number of rotatable bonds is 30. The van der Waals surface area contributed by atoms with Gasteiger partial charge in [-0.1, -0.05) is 0 Å². The van der Waals surface area contributed by atoms with Crippen molar-refractivity contribution in [3.8, 4) is 0 Å². The highest BCUT2D eigenvalue weighted by molar-refractivity contribution is 5.70. The van der Waals surface area contributed by atoms with Crippen LogP contribution in [0.25, 0.3) is 0 Å². The monoisotopic (exact) mass is 584 g/mol. The Morgan fingerprint density at radius 3 is 0.850 bits per heavy atom. The molecule has 0 saturated carbocycles. The Morgan fingerprint density at radius 2 is 0.625 bits per heavy atom. The Labute approximate surface area is 239 Å². The molecule has 0 aliphatic heterocycles. The molecule has 0 aromatic carbocycles. The summed E-state index contributed by atoms with van der Waals surface area (Å²) in [6.45, 7) is 13.6. The fourth-order valence-electron chi connectivity index (χ4n) is 2.67. The summed E-state index contributed by atoms with van der Waals surface area (Å²) in [6.07, 6.45) is 0.472. The van der Waals surface area contributed by atoms with Gasteiger partial charge in [-0.15, -0.1) is 0 Å². The van der Waals surface area contributed by atoms with Crippen LogP contribution in [0.1, 0.15) is 33.6 Å². The second-order valence-corrected chi connectivity index (χ2v) is 9.17. The van der Waals surface area contributed by atoms with Crippen LogP contribution in [0.2, 0.25) is 0 Å². The predicted octanol–water partition coefficient (Wildman–Crippen LogP) is 1.43. The maximum atomic E-state index is 11.5. The summed E-state index contributed by atoms with van der Waals surface area (Å²) in [5.41, 5.74) is -0.474. The van der Waals surface area contributed by atoms with Gasteiger partial charge in [0.15, 0.2) is 0 Å². The Balaban J connectivity index is 3.11. The molecule has 0 radical (unpaired) electrons. The van der Waals surface area contributed by atoms with E-state index in [4.69, 9.17) is 47.4 Å². The minimum atomic E-state index is -0.474. The molecule has 0 rings (SSSR count). The topological polar surface area (TPSA) is 136 Å². The normalized spacial score (nSPS) is 11.6. The molecule has 13 nitrogen and oxygen atoms in total. The number of ether oxygens (including phenoxy) is 11. The first kappa shape index (κ1) is 38.6. The Bertz CT molecular complexity index is 569. The maximum absolute atomic E-state index is 11.5. The van der Waals surface area contributed by atoms with E-state index in [-0.39, 0.29) is 24.8 Å². The molecular weight excluding hydrogens is 532 g/mol. The van der Waals surface area contributed by atoms with Crippen LogP contribution in [-0.4, -0.2) is 144 Å². The first-order valence-corrected chi connectivity index (χ1v) is 13.8. The van der Waals surface area contributed by atoms with Crippen molar-refractivity contribution in [3.05, 3.63) is 0 Å². The third kappa shape index (κ3) is 32.8. The smallest absolute Gasteiger partial charge is 0.308 e. The van der Waals surface area contributed by atoms with Crippen LogP contribution in [0, 0.1) is 0 Å². The van der Waals surface area contributed by atoms with Crippen molar-refractivity contribution in [2.24, 2.45) is 0 Å². The number of hydrogen-bond acceptors (Lipinski definition) is 13. The number of hydrogen-bond donors (Lipinski definition) is 0. The molecule has 0 saturated heterocycles. The van der Waals surface area contributed by atoms with Crippen LogP contribution in [0.15, 0.2) is 0 Å². The number of carbonyl (C=O) groups is 2. The lowest BCUT2D eigenvalue weighted by Gasteiger charge is -2.19. The molecule has 0 spiro atoms. The zero-order chi connectivity index (χ0) is 29.6. The van der Waals surface area contributed by atoms with Gasteiger partial charge in [0.25, 0.3) is 0 Å². The molecule has 0 aliphatic carbocycles. The fraction of sp³-hybridized carbons (Fsp3) is 0.926. The molecule has 238 valence electrons. The lowest BCUT2D eigenvalue weighted by atomic mass is 10.2. The SMILES string of the molecule is COC(=O)CCOCCOCCOCCOCCOCCOCCOCCOCCOCCC(=O)OC(C)(C)C. The molecule has 40 heavy (non-hydrogen) atoms. The number of methoxy groups -OCH3 is 1. The Morgan fingerprint density at radius 1 is 0.400 bits per heavy atom. The van der Waals surface area contributed by atoms with Crippen molar-refractivity contribution in [3.63, 3.8) is 0 Å². The van der Waals surface area contributed by atoms with E-state index in [1.807, 2.05) is 20.8 Å².